The highest BCUT2D eigenvalue weighted by Gasteiger charge is 2.38. The number of amides is 1. The fraction of sp³-hybridized carbons (Fsp3) is 0.588. The first-order valence-electron chi connectivity index (χ1n) is 7.97. The summed E-state index contributed by atoms with van der Waals surface area (Å²) >= 11 is 0. The van der Waals surface area contributed by atoms with Crippen LogP contribution in [0.15, 0.2) is 30.3 Å². The van der Waals surface area contributed by atoms with E-state index >= 15 is 0 Å². The topological polar surface area (TPSA) is 41.6 Å². The zero-order chi connectivity index (χ0) is 15.1. The summed E-state index contributed by atoms with van der Waals surface area (Å²) < 4.78 is 5.39. The van der Waals surface area contributed by atoms with Gasteiger partial charge in [-0.25, -0.2) is 0 Å². The van der Waals surface area contributed by atoms with Gasteiger partial charge in [-0.1, -0.05) is 43.7 Å². The van der Waals surface area contributed by atoms with Crippen molar-refractivity contribution in [2.24, 2.45) is 0 Å². The van der Waals surface area contributed by atoms with Gasteiger partial charge in [0.2, 0.25) is 5.91 Å². The Labute approximate surface area is 127 Å². The van der Waals surface area contributed by atoms with Gasteiger partial charge in [-0.3, -0.25) is 10.1 Å². The molecule has 0 aliphatic carbocycles. The van der Waals surface area contributed by atoms with Crippen molar-refractivity contribution in [2.75, 3.05) is 19.8 Å². The summed E-state index contributed by atoms with van der Waals surface area (Å²) in [5.41, 5.74) is 1.15. The van der Waals surface area contributed by atoms with E-state index in [9.17, 15) is 4.79 Å². The van der Waals surface area contributed by atoms with Gasteiger partial charge in [0, 0.05) is 19.8 Å². The summed E-state index contributed by atoms with van der Waals surface area (Å²) in [5.74, 6) is 0.224. The molecule has 0 spiro atoms. The lowest BCUT2D eigenvalue weighted by Gasteiger charge is -2.24. The highest BCUT2D eigenvalue weighted by molar-refractivity contribution is 5.84. The van der Waals surface area contributed by atoms with Crippen molar-refractivity contribution < 1.29 is 9.53 Å². The lowest BCUT2D eigenvalue weighted by molar-refractivity contribution is -0.130. The van der Waals surface area contributed by atoms with Crippen molar-refractivity contribution >= 4 is 5.91 Å². The summed E-state index contributed by atoms with van der Waals surface area (Å²) in [6.07, 6.45) is 2.78. The Balaban J connectivity index is 2.06. The fourth-order valence-corrected chi connectivity index (χ4v) is 2.81. The maximum absolute atomic E-state index is 12.6. The van der Waals surface area contributed by atoms with Gasteiger partial charge in [-0.15, -0.1) is 0 Å². The number of hydrogen-bond donors (Lipinski definition) is 1. The number of rotatable bonds is 8. The van der Waals surface area contributed by atoms with Crippen molar-refractivity contribution in [1.82, 2.24) is 10.2 Å². The minimum Gasteiger partial charge on any atom is -0.382 e. The minimum absolute atomic E-state index is 0.00289. The monoisotopic (exact) mass is 290 g/mol. The van der Waals surface area contributed by atoms with Crippen molar-refractivity contribution in [1.29, 1.82) is 0 Å². The molecule has 4 heteroatoms. The number of benzene rings is 1. The molecule has 1 heterocycles. The Morgan fingerprint density at radius 3 is 2.67 bits per heavy atom. The zero-order valence-electron chi connectivity index (χ0n) is 13.0. The van der Waals surface area contributed by atoms with Crippen LogP contribution in [0.5, 0.6) is 0 Å². The van der Waals surface area contributed by atoms with Crippen LogP contribution < -0.4 is 5.32 Å². The van der Waals surface area contributed by atoms with Crippen LogP contribution in [0.4, 0.5) is 0 Å². The number of carbonyl (C=O) groups is 1. The standard InChI is InChI=1S/C17H26N2O2/c1-3-9-15-17(20)19(12-8-13-21-4-2)16(18-15)14-10-6-5-7-11-14/h5-7,10-11,15-16,18H,3-4,8-9,12-13H2,1-2H3. The number of hydrogen-bond acceptors (Lipinski definition) is 3. The quantitative estimate of drug-likeness (QED) is 0.749. The van der Waals surface area contributed by atoms with Crippen LogP contribution in [0.25, 0.3) is 0 Å². The van der Waals surface area contributed by atoms with Gasteiger partial charge >= 0.3 is 0 Å². The number of carbonyl (C=O) groups excluding carboxylic acids is 1. The molecular formula is C17H26N2O2. The Morgan fingerprint density at radius 1 is 1.24 bits per heavy atom. The zero-order valence-corrected chi connectivity index (χ0v) is 13.0. The molecule has 0 saturated carbocycles. The van der Waals surface area contributed by atoms with E-state index in [0.29, 0.717) is 6.61 Å². The van der Waals surface area contributed by atoms with E-state index in [1.807, 2.05) is 30.0 Å². The average molecular weight is 290 g/mol. The van der Waals surface area contributed by atoms with Crippen LogP contribution in [0.2, 0.25) is 0 Å². The van der Waals surface area contributed by atoms with E-state index in [1.165, 1.54) is 0 Å². The largest absolute Gasteiger partial charge is 0.382 e. The van der Waals surface area contributed by atoms with Crippen LogP contribution in [0, 0.1) is 0 Å². The Hall–Kier alpha value is -1.39. The predicted molar refractivity (Wildman–Crippen MR) is 83.8 cm³/mol. The van der Waals surface area contributed by atoms with Gasteiger partial charge in [0.25, 0.3) is 0 Å². The molecule has 2 rings (SSSR count). The highest BCUT2D eigenvalue weighted by atomic mass is 16.5. The van der Waals surface area contributed by atoms with Crippen molar-refractivity contribution in [3.05, 3.63) is 35.9 Å². The van der Waals surface area contributed by atoms with E-state index in [0.717, 1.165) is 38.0 Å². The van der Waals surface area contributed by atoms with Crippen LogP contribution in [0.1, 0.15) is 44.8 Å². The number of ether oxygens (including phenoxy) is 1. The first kappa shape index (κ1) is 16.0. The highest BCUT2D eigenvalue weighted by Crippen LogP contribution is 2.26. The van der Waals surface area contributed by atoms with E-state index in [1.54, 1.807) is 0 Å². The van der Waals surface area contributed by atoms with Gasteiger partial charge in [0.1, 0.15) is 6.17 Å². The first-order valence-corrected chi connectivity index (χ1v) is 7.97. The van der Waals surface area contributed by atoms with E-state index < -0.39 is 0 Å². The molecule has 2 unspecified atom stereocenters. The predicted octanol–water partition coefficient (Wildman–Crippen LogP) is 2.71. The second-order valence-electron chi connectivity index (χ2n) is 5.40. The Morgan fingerprint density at radius 2 is 2.00 bits per heavy atom. The summed E-state index contributed by atoms with van der Waals surface area (Å²) in [5, 5.41) is 3.48. The van der Waals surface area contributed by atoms with Crippen LogP contribution >= 0.6 is 0 Å². The molecule has 2 atom stereocenters. The smallest absolute Gasteiger partial charge is 0.241 e. The van der Waals surface area contributed by atoms with Crippen LogP contribution in [0.3, 0.4) is 0 Å². The molecule has 1 aliphatic rings. The SMILES string of the molecule is CCCC1NC(c2ccccc2)N(CCCOCC)C1=O. The van der Waals surface area contributed by atoms with Crippen LogP contribution in [-0.2, 0) is 9.53 Å². The summed E-state index contributed by atoms with van der Waals surface area (Å²) in [6, 6.07) is 10.2. The number of nitrogens with one attached hydrogen (secondary N) is 1. The third-order valence-electron chi connectivity index (χ3n) is 3.84. The first-order chi connectivity index (χ1) is 10.3. The lowest BCUT2D eigenvalue weighted by atomic mass is 10.1. The average Bonchev–Trinajstić information content (AvgIpc) is 2.82. The molecule has 1 fully saturated rings. The van der Waals surface area contributed by atoms with Crippen molar-refractivity contribution in [3.8, 4) is 0 Å². The number of nitrogens with zero attached hydrogens (tertiary/aromatic N) is 1. The summed E-state index contributed by atoms with van der Waals surface area (Å²) in [6.45, 7) is 6.29. The van der Waals surface area contributed by atoms with Gasteiger partial charge in [-0.05, 0) is 25.3 Å². The molecule has 0 radical (unpaired) electrons. The molecule has 4 nitrogen and oxygen atoms in total. The van der Waals surface area contributed by atoms with E-state index in [2.05, 4.69) is 24.4 Å². The summed E-state index contributed by atoms with van der Waals surface area (Å²) in [4.78, 5) is 14.5. The minimum atomic E-state index is -0.0488. The molecule has 0 aromatic heterocycles. The third kappa shape index (κ3) is 4.05. The molecule has 1 aliphatic heterocycles. The third-order valence-corrected chi connectivity index (χ3v) is 3.84. The Kier molecular flexibility index (Phi) is 6.21. The molecule has 21 heavy (non-hydrogen) atoms. The molecular weight excluding hydrogens is 264 g/mol. The molecule has 1 saturated heterocycles. The molecule has 0 bridgehead atoms. The molecule has 1 aromatic rings. The Bertz CT molecular complexity index is 436. The van der Waals surface area contributed by atoms with Crippen molar-refractivity contribution in [2.45, 2.75) is 45.3 Å². The van der Waals surface area contributed by atoms with Crippen LogP contribution in [-0.4, -0.2) is 36.6 Å². The van der Waals surface area contributed by atoms with Gasteiger partial charge in [0.15, 0.2) is 0 Å². The molecule has 1 N–H and O–H groups in total. The van der Waals surface area contributed by atoms with Gasteiger partial charge in [-0.2, -0.15) is 0 Å². The second kappa shape index (κ2) is 8.15. The molecule has 116 valence electrons. The maximum Gasteiger partial charge on any atom is 0.241 e. The van der Waals surface area contributed by atoms with E-state index in [-0.39, 0.29) is 18.1 Å². The molecule has 1 amide bonds. The van der Waals surface area contributed by atoms with E-state index in [4.69, 9.17) is 4.74 Å². The molecule has 1 aromatic carbocycles. The normalized spacial score (nSPS) is 22.0. The fourth-order valence-electron chi connectivity index (χ4n) is 2.81. The van der Waals surface area contributed by atoms with Crippen molar-refractivity contribution in [3.63, 3.8) is 0 Å². The second-order valence-corrected chi connectivity index (χ2v) is 5.40. The van der Waals surface area contributed by atoms with Gasteiger partial charge in [0.05, 0.1) is 6.04 Å². The summed E-state index contributed by atoms with van der Waals surface area (Å²) in [7, 11) is 0. The maximum atomic E-state index is 12.6. The van der Waals surface area contributed by atoms with Gasteiger partial charge < -0.3 is 9.64 Å². The lowest BCUT2D eigenvalue weighted by Crippen LogP contribution is -2.32.